The molecule has 0 spiro atoms. The summed E-state index contributed by atoms with van der Waals surface area (Å²) in [4.78, 5) is 0. The van der Waals surface area contributed by atoms with Crippen molar-refractivity contribution < 1.29 is 8.42 Å². The minimum Gasteiger partial charge on any atom is -0.308 e. The average Bonchev–Trinajstić information content (AvgIpc) is 2.71. The molecule has 7 heteroatoms. The van der Waals surface area contributed by atoms with Crippen LogP contribution in [0.25, 0.3) is 0 Å². The predicted octanol–water partition coefficient (Wildman–Crippen LogP) is 2.53. The van der Waals surface area contributed by atoms with E-state index in [1.54, 1.807) is 13.1 Å². The molecule has 0 aliphatic heterocycles. The number of nitrogens with zero attached hydrogens (tertiary/aromatic N) is 2. The summed E-state index contributed by atoms with van der Waals surface area (Å²) in [5.74, 6) is 0. The lowest BCUT2D eigenvalue weighted by atomic mass is 10.1. The van der Waals surface area contributed by atoms with Crippen LogP contribution in [0.3, 0.4) is 0 Å². The Balaban J connectivity index is 3.19. The van der Waals surface area contributed by atoms with Gasteiger partial charge in [0.25, 0.3) is 0 Å². The first kappa shape index (κ1) is 17.7. The first-order valence-electron chi connectivity index (χ1n) is 6.96. The zero-order valence-corrected chi connectivity index (χ0v) is 15.0. The lowest BCUT2D eigenvalue weighted by molar-refractivity contribution is 0.453. The fourth-order valence-corrected chi connectivity index (χ4v) is 3.37. The molecular weight excluding hydrogens is 342 g/mol. The molecule has 0 aromatic carbocycles. The van der Waals surface area contributed by atoms with Crippen LogP contribution in [0.15, 0.2) is 10.7 Å². The van der Waals surface area contributed by atoms with Gasteiger partial charge in [-0.25, -0.2) is 8.42 Å². The minimum atomic E-state index is -3.13. The standard InChI is InChI=1S/C13H24BrN3O2S/c1-5-7-15-12(10(3)20(4,18)19)13-11(14)9-16-17(13)8-6-2/h9-10,12,15H,5-8H2,1-4H3. The van der Waals surface area contributed by atoms with E-state index in [1.807, 2.05) is 4.68 Å². The van der Waals surface area contributed by atoms with E-state index >= 15 is 0 Å². The van der Waals surface area contributed by atoms with E-state index in [4.69, 9.17) is 0 Å². The number of hydrogen-bond acceptors (Lipinski definition) is 4. The maximum absolute atomic E-state index is 11.9. The normalized spacial score (nSPS) is 15.2. The zero-order chi connectivity index (χ0) is 15.3. The topological polar surface area (TPSA) is 64.0 Å². The van der Waals surface area contributed by atoms with Crippen molar-refractivity contribution in [3.05, 3.63) is 16.4 Å². The van der Waals surface area contributed by atoms with Gasteiger partial charge >= 0.3 is 0 Å². The molecule has 20 heavy (non-hydrogen) atoms. The summed E-state index contributed by atoms with van der Waals surface area (Å²) in [7, 11) is -3.13. The lowest BCUT2D eigenvalue weighted by Gasteiger charge is -2.25. The maximum atomic E-state index is 11.9. The molecule has 1 N–H and O–H groups in total. The van der Waals surface area contributed by atoms with Crippen molar-refractivity contribution in [2.75, 3.05) is 12.8 Å². The maximum Gasteiger partial charge on any atom is 0.151 e. The van der Waals surface area contributed by atoms with Gasteiger partial charge in [-0.3, -0.25) is 4.68 Å². The summed E-state index contributed by atoms with van der Waals surface area (Å²) in [6.45, 7) is 7.44. The van der Waals surface area contributed by atoms with Gasteiger partial charge < -0.3 is 5.32 Å². The molecule has 5 nitrogen and oxygen atoms in total. The van der Waals surface area contributed by atoms with E-state index in [1.165, 1.54) is 6.26 Å². The number of rotatable bonds is 8. The van der Waals surface area contributed by atoms with Gasteiger partial charge in [0, 0.05) is 12.8 Å². The largest absolute Gasteiger partial charge is 0.308 e. The van der Waals surface area contributed by atoms with Gasteiger partial charge in [-0.2, -0.15) is 5.10 Å². The molecule has 0 saturated heterocycles. The molecule has 1 heterocycles. The number of halogens is 1. The van der Waals surface area contributed by atoms with Gasteiger partial charge in [0.15, 0.2) is 9.84 Å². The van der Waals surface area contributed by atoms with Gasteiger partial charge in [-0.15, -0.1) is 0 Å². The van der Waals surface area contributed by atoms with Crippen LogP contribution < -0.4 is 5.32 Å². The van der Waals surface area contributed by atoms with Crippen LogP contribution in [0.5, 0.6) is 0 Å². The zero-order valence-electron chi connectivity index (χ0n) is 12.6. The first-order valence-corrected chi connectivity index (χ1v) is 9.71. The Morgan fingerprint density at radius 1 is 1.40 bits per heavy atom. The predicted molar refractivity (Wildman–Crippen MR) is 85.6 cm³/mol. The van der Waals surface area contributed by atoms with Crippen LogP contribution in [-0.2, 0) is 16.4 Å². The summed E-state index contributed by atoms with van der Waals surface area (Å²) in [5, 5.41) is 7.18. The van der Waals surface area contributed by atoms with Crippen LogP contribution in [0.4, 0.5) is 0 Å². The molecule has 0 amide bonds. The molecule has 2 unspecified atom stereocenters. The van der Waals surface area contributed by atoms with Crippen molar-refractivity contribution in [1.82, 2.24) is 15.1 Å². The number of nitrogens with one attached hydrogen (secondary N) is 1. The molecule has 116 valence electrons. The van der Waals surface area contributed by atoms with E-state index in [0.29, 0.717) is 0 Å². The van der Waals surface area contributed by atoms with Crippen molar-refractivity contribution >= 4 is 25.8 Å². The lowest BCUT2D eigenvalue weighted by Crippen LogP contribution is -2.37. The van der Waals surface area contributed by atoms with Gasteiger partial charge in [0.05, 0.1) is 27.7 Å². The van der Waals surface area contributed by atoms with E-state index in [2.05, 4.69) is 40.2 Å². The van der Waals surface area contributed by atoms with Crippen LogP contribution in [0, 0.1) is 0 Å². The summed E-state index contributed by atoms with van der Waals surface area (Å²) in [5.41, 5.74) is 0.915. The molecule has 0 aliphatic carbocycles. The Hall–Kier alpha value is -0.400. The molecule has 0 bridgehead atoms. The van der Waals surface area contributed by atoms with Crippen LogP contribution in [0.1, 0.15) is 45.3 Å². The summed E-state index contributed by atoms with van der Waals surface area (Å²) in [6.07, 6.45) is 4.93. The molecule has 0 radical (unpaired) electrons. The number of aromatic nitrogens is 2. The quantitative estimate of drug-likeness (QED) is 0.768. The summed E-state index contributed by atoms with van der Waals surface area (Å²) >= 11 is 3.50. The highest BCUT2D eigenvalue weighted by atomic mass is 79.9. The Morgan fingerprint density at radius 2 is 2.05 bits per heavy atom. The number of aryl methyl sites for hydroxylation is 1. The molecule has 0 fully saturated rings. The second-order valence-electron chi connectivity index (χ2n) is 5.07. The monoisotopic (exact) mass is 365 g/mol. The highest BCUT2D eigenvalue weighted by Gasteiger charge is 2.31. The highest BCUT2D eigenvalue weighted by molar-refractivity contribution is 9.10. The first-order chi connectivity index (χ1) is 9.32. The number of hydrogen-bond donors (Lipinski definition) is 1. The fraction of sp³-hybridized carbons (Fsp3) is 0.769. The Kier molecular flexibility index (Phi) is 6.68. The average molecular weight is 366 g/mol. The van der Waals surface area contributed by atoms with E-state index in [-0.39, 0.29) is 6.04 Å². The van der Waals surface area contributed by atoms with Crippen molar-refractivity contribution in [3.8, 4) is 0 Å². The molecule has 2 atom stereocenters. The van der Waals surface area contributed by atoms with Crippen LogP contribution in [0.2, 0.25) is 0 Å². The number of sulfone groups is 1. The molecule has 1 aromatic heterocycles. The van der Waals surface area contributed by atoms with Gasteiger partial charge in [0.2, 0.25) is 0 Å². The Bertz CT molecular complexity index is 528. The molecular formula is C13H24BrN3O2S. The Morgan fingerprint density at radius 3 is 2.55 bits per heavy atom. The highest BCUT2D eigenvalue weighted by Crippen LogP contribution is 2.28. The van der Waals surface area contributed by atoms with Crippen LogP contribution >= 0.6 is 15.9 Å². The van der Waals surface area contributed by atoms with Crippen LogP contribution in [-0.4, -0.2) is 36.2 Å². The third-order valence-corrected chi connectivity index (χ3v) is 5.56. The van der Waals surface area contributed by atoms with Crippen molar-refractivity contribution in [1.29, 1.82) is 0 Å². The SMILES string of the molecule is CCCNC(c1c(Br)cnn1CCC)C(C)S(C)(=O)=O. The summed E-state index contributed by atoms with van der Waals surface area (Å²) < 4.78 is 26.6. The van der Waals surface area contributed by atoms with E-state index < -0.39 is 15.1 Å². The molecule has 0 aliphatic rings. The molecule has 0 saturated carbocycles. The van der Waals surface area contributed by atoms with Gasteiger partial charge in [-0.1, -0.05) is 13.8 Å². The van der Waals surface area contributed by atoms with Crippen molar-refractivity contribution in [3.63, 3.8) is 0 Å². The second kappa shape index (κ2) is 7.56. The minimum absolute atomic E-state index is 0.256. The van der Waals surface area contributed by atoms with Crippen molar-refractivity contribution in [2.24, 2.45) is 0 Å². The third kappa shape index (κ3) is 4.30. The van der Waals surface area contributed by atoms with Gasteiger partial charge in [0.1, 0.15) is 0 Å². The van der Waals surface area contributed by atoms with Crippen molar-refractivity contribution in [2.45, 2.75) is 51.4 Å². The molecule has 1 rings (SSSR count). The fourth-order valence-electron chi connectivity index (χ4n) is 2.10. The molecule has 1 aromatic rings. The van der Waals surface area contributed by atoms with E-state index in [0.717, 1.165) is 36.1 Å². The summed E-state index contributed by atoms with van der Waals surface area (Å²) in [6, 6.07) is -0.256. The second-order valence-corrected chi connectivity index (χ2v) is 8.32. The Labute approximate surface area is 130 Å². The third-order valence-electron chi connectivity index (χ3n) is 3.32. The smallest absolute Gasteiger partial charge is 0.151 e. The van der Waals surface area contributed by atoms with E-state index in [9.17, 15) is 8.42 Å². The van der Waals surface area contributed by atoms with Gasteiger partial charge in [-0.05, 0) is 42.2 Å².